The molecule has 1 unspecified atom stereocenters. The van der Waals surface area contributed by atoms with Crippen molar-refractivity contribution in [3.8, 4) is 11.3 Å². The molecule has 0 aliphatic carbocycles. The van der Waals surface area contributed by atoms with Crippen molar-refractivity contribution >= 4 is 23.0 Å². The van der Waals surface area contributed by atoms with E-state index in [4.69, 9.17) is 11.6 Å². The van der Waals surface area contributed by atoms with Gasteiger partial charge >= 0.3 is 0 Å². The van der Waals surface area contributed by atoms with Gasteiger partial charge in [0.2, 0.25) is 0 Å². The molecule has 1 atom stereocenters. The van der Waals surface area contributed by atoms with E-state index in [0.717, 1.165) is 30.6 Å². The van der Waals surface area contributed by atoms with E-state index >= 15 is 0 Å². The Labute approximate surface area is 160 Å². The summed E-state index contributed by atoms with van der Waals surface area (Å²) in [7, 11) is 0. The van der Waals surface area contributed by atoms with Crippen molar-refractivity contribution in [2.75, 3.05) is 0 Å². The molecule has 2 aromatic heterocycles. The molecule has 1 aliphatic rings. The summed E-state index contributed by atoms with van der Waals surface area (Å²) in [5, 5.41) is 11.5. The topological polar surface area (TPSA) is 58.9 Å². The summed E-state index contributed by atoms with van der Waals surface area (Å²) in [5.41, 5.74) is 2.97. The molecular weight excluding hydrogens is 372 g/mol. The van der Waals surface area contributed by atoms with Crippen LogP contribution in [0.25, 0.3) is 11.3 Å². The Morgan fingerprint density at radius 1 is 1.37 bits per heavy atom. The molecule has 27 heavy (non-hydrogen) atoms. The van der Waals surface area contributed by atoms with Gasteiger partial charge in [0.25, 0.3) is 0 Å². The number of nitrogens with zero attached hydrogens (tertiary/aromatic N) is 4. The second-order valence-corrected chi connectivity index (χ2v) is 6.95. The Morgan fingerprint density at radius 3 is 2.81 bits per heavy atom. The molecule has 4 rings (SSSR count). The number of hydrogen-bond acceptors (Lipinski definition) is 3. The number of aromatic nitrogens is 4. The normalized spacial score (nSPS) is 16.8. The molecule has 1 aliphatic heterocycles. The maximum atomic E-state index is 14.1. The van der Waals surface area contributed by atoms with Crippen molar-refractivity contribution in [1.29, 1.82) is 0 Å². The van der Waals surface area contributed by atoms with Crippen molar-refractivity contribution in [2.45, 2.75) is 39.2 Å². The zero-order valence-corrected chi connectivity index (χ0v) is 15.7. The lowest BCUT2D eigenvalue weighted by atomic mass is 9.97. The number of H-pyrrole nitrogens is 1. The highest BCUT2D eigenvalue weighted by molar-refractivity contribution is 6.32. The standard InChI is InChI=1S/C19H18ClF2N5/c1-3-11-7-8-27-18(11)12(9-23-27)16-17(19(20)26-25-16)24-10(2)15-13(21)5-4-6-14(15)22/h4-6,9,11H,3,7-8H2,1-2H3,(H,25,26)/b24-10+. The van der Waals surface area contributed by atoms with Crippen molar-refractivity contribution in [2.24, 2.45) is 4.99 Å². The van der Waals surface area contributed by atoms with Crippen LogP contribution in [-0.4, -0.2) is 25.7 Å². The molecule has 0 radical (unpaired) electrons. The van der Waals surface area contributed by atoms with Gasteiger partial charge in [-0.15, -0.1) is 0 Å². The summed E-state index contributed by atoms with van der Waals surface area (Å²) in [5.74, 6) is -0.948. The van der Waals surface area contributed by atoms with Crippen LogP contribution >= 0.6 is 11.6 Å². The molecule has 1 aromatic carbocycles. The summed E-state index contributed by atoms with van der Waals surface area (Å²) in [4.78, 5) is 4.42. The summed E-state index contributed by atoms with van der Waals surface area (Å²) in [6, 6.07) is 3.72. The fraction of sp³-hybridized carbons (Fsp3) is 0.316. The summed E-state index contributed by atoms with van der Waals surface area (Å²) in [6.07, 6.45) is 3.80. The largest absolute Gasteiger partial charge is 0.274 e. The number of benzene rings is 1. The van der Waals surface area contributed by atoms with Crippen molar-refractivity contribution in [1.82, 2.24) is 20.0 Å². The Balaban J connectivity index is 1.83. The SMILES string of the molecule is CCC1CCn2ncc(-c3[nH]nc(Cl)c3/N=C(\C)c3c(F)cccc3F)c21. The number of aromatic amines is 1. The van der Waals surface area contributed by atoms with Gasteiger partial charge in [0.1, 0.15) is 17.3 Å². The van der Waals surface area contributed by atoms with Crippen LogP contribution in [0.2, 0.25) is 5.15 Å². The minimum atomic E-state index is -0.671. The zero-order valence-electron chi connectivity index (χ0n) is 14.9. The predicted molar refractivity (Wildman–Crippen MR) is 101 cm³/mol. The van der Waals surface area contributed by atoms with Gasteiger partial charge in [-0.05, 0) is 31.9 Å². The highest BCUT2D eigenvalue weighted by Gasteiger charge is 2.29. The molecule has 5 nitrogen and oxygen atoms in total. The monoisotopic (exact) mass is 389 g/mol. The molecule has 0 amide bonds. The van der Waals surface area contributed by atoms with Crippen molar-refractivity contribution in [3.05, 3.63) is 52.4 Å². The maximum absolute atomic E-state index is 14.1. The molecule has 3 aromatic rings. The first-order valence-electron chi connectivity index (χ1n) is 8.80. The molecule has 1 N–H and O–H groups in total. The lowest BCUT2D eigenvalue weighted by Gasteiger charge is -2.09. The first kappa shape index (κ1) is 17.9. The van der Waals surface area contributed by atoms with Crippen molar-refractivity contribution < 1.29 is 8.78 Å². The van der Waals surface area contributed by atoms with Gasteiger partial charge in [0.15, 0.2) is 5.15 Å². The lowest BCUT2D eigenvalue weighted by molar-refractivity contribution is 0.579. The Hall–Kier alpha value is -2.54. The van der Waals surface area contributed by atoms with Gasteiger partial charge in [0, 0.05) is 18.0 Å². The Morgan fingerprint density at radius 2 is 2.11 bits per heavy atom. The number of fused-ring (bicyclic) bond motifs is 1. The summed E-state index contributed by atoms with van der Waals surface area (Å²) >= 11 is 6.23. The molecule has 3 heterocycles. The van der Waals surface area contributed by atoms with E-state index in [1.165, 1.54) is 18.2 Å². The van der Waals surface area contributed by atoms with Gasteiger partial charge in [-0.2, -0.15) is 10.2 Å². The predicted octanol–water partition coefficient (Wildman–Crippen LogP) is 5.24. The van der Waals surface area contributed by atoms with Gasteiger partial charge in [-0.1, -0.05) is 24.6 Å². The van der Waals surface area contributed by atoms with Gasteiger partial charge in [-0.25, -0.2) is 13.8 Å². The van der Waals surface area contributed by atoms with E-state index in [9.17, 15) is 8.78 Å². The van der Waals surface area contributed by atoms with Crippen LogP contribution in [0, 0.1) is 11.6 Å². The van der Waals surface area contributed by atoms with E-state index in [0.29, 0.717) is 17.3 Å². The van der Waals surface area contributed by atoms with E-state index in [-0.39, 0.29) is 16.4 Å². The number of rotatable bonds is 4. The summed E-state index contributed by atoms with van der Waals surface area (Å²) in [6.45, 7) is 4.56. The zero-order chi connectivity index (χ0) is 19.1. The molecule has 0 spiro atoms. The third-order valence-corrected chi connectivity index (χ3v) is 5.28. The highest BCUT2D eigenvalue weighted by Crippen LogP contribution is 2.42. The molecule has 0 saturated heterocycles. The molecule has 8 heteroatoms. The van der Waals surface area contributed by atoms with Gasteiger partial charge < -0.3 is 0 Å². The Kier molecular flexibility index (Phi) is 4.55. The third kappa shape index (κ3) is 2.96. The average Bonchev–Trinajstić information content (AvgIpc) is 3.31. The molecule has 0 saturated carbocycles. The van der Waals surface area contributed by atoms with Crippen LogP contribution in [0.15, 0.2) is 29.4 Å². The number of hydrogen-bond donors (Lipinski definition) is 1. The second kappa shape index (κ2) is 6.88. The Bertz CT molecular complexity index is 1020. The van der Waals surface area contributed by atoms with E-state index in [2.05, 4.69) is 27.2 Å². The number of aliphatic imine (C=N–C) groups is 1. The van der Waals surface area contributed by atoms with E-state index in [1.54, 1.807) is 13.1 Å². The minimum Gasteiger partial charge on any atom is -0.274 e. The highest BCUT2D eigenvalue weighted by atomic mass is 35.5. The number of aryl methyl sites for hydroxylation is 1. The lowest BCUT2D eigenvalue weighted by Crippen LogP contribution is -2.02. The molecular formula is C19H18ClF2N5. The van der Waals surface area contributed by atoms with E-state index in [1.807, 2.05) is 4.68 Å². The number of halogens is 3. The van der Waals surface area contributed by atoms with E-state index < -0.39 is 11.6 Å². The van der Waals surface area contributed by atoms with Crippen LogP contribution in [0.1, 0.15) is 43.9 Å². The first-order valence-corrected chi connectivity index (χ1v) is 9.18. The van der Waals surface area contributed by atoms with Crippen LogP contribution in [0.3, 0.4) is 0 Å². The fourth-order valence-corrected chi connectivity index (χ4v) is 3.86. The van der Waals surface area contributed by atoms with Crippen LogP contribution in [-0.2, 0) is 6.54 Å². The average molecular weight is 390 g/mol. The van der Waals surface area contributed by atoms with Crippen LogP contribution in [0.5, 0.6) is 0 Å². The molecule has 0 bridgehead atoms. The van der Waals surface area contributed by atoms with Crippen LogP contribution < -0.4 is 0 Å². The van der Waals surface area contributed by atoms with Gasteiger partial charge in [0.05, 0.1) is 28.9 Å². The first-order chi connectivity index (χ1) is 13.0. The van der Waals surface area contributed by atoms with Gasteiger partial charge in [-0.3, -0.25) is 9.78 Å². The van der Waals surface area contributed by atoms with Crippen molar-refractivity contribution in [3.63, 3.8) is 0 Å². The third-order valence-electron chi connectivity index (χ3n) is 5.02. The second-order valence-electron chi connectivity index (χ2n) is 6.59. The fourth-order valence-electron chi connectivity index (χ4n) is 3.68. The molecule has 0 fully saturated rings. The summed E-state index contributed by atoms with van der Waals surface area (Å²) < 4.78 is 30.2. The van der Waals surface area contributed by atoms with Crippen LogP contribution in [0.4, 0.5) is 14.5 Å². The minimum absolute atomic E-state index is 0.145. The maximum Gasteiger partial charge on any atom is 0.177 e. The molecule has 140 valence electrons. The quantitative estimate of drug-likeness (QED) is 0.620. The smallest absolute Gasteiger partial charge is 0.177 e. The number of nitrogens with one attached hydrogen (secondary N) is 1.